The van der Waals surface area contributed by atoms with Crippen molar-refractivity contribution in [2.75, 3.05) is 18.4 Å². The van der Waals surface area contributed by atoms with Crippen LogP contribution in [0.15, 0.2) is 29.3 Å². The molecule has 1 unspecified atom stereocenters. The van der Waals surface area contributed by atoms with Gasteiger partial charge in [-0.3, -0.25) is 14.4 Å². The molecule has 142 valence electrons. The number of benzene rings is 1. The van der Waals surface area contributed by atoms with Crippen molar-refractivity contribution >= 4 is 40.3 Å². The fraction of sp³-hybridized carbons (Fsp3) is 0.474. The van der Waals surface area contributed by atoms with Gasteiger partial charge >= 0.3 is 0 Å². The Morgan fingerprint density at radius 3 is 2.52 bits per heavy atom. The lowest BCUT2D eigenvalue weighted by Gasteiger charge is -2.16. The van der Waals surface area contributed by atoms with Crippen molar-refractivity contribution in [2.24, 2.45) is 4.99 Å². The Hall–Kier alpha value is -2.35. The first-order chi connectivity index (χ1) is 13.1. The molecule has 1 aliphatic carbocycles. The molecule has 1 saturated heterocycles. The Morgan fingerprint density at radius 2 is 1.85 bits per heavy atom. The van der Waals surface area contributed by atoms with E-state index in [0.717, 1.165) is 43.9 Å². The lowest BCUT2D eigenvalue weighted by Crippen LogP contribution is -2.25. The molecular weight excluding hydrogens is 364 g/mol. The first-order valence-electron chi connectivity index (χ1n) is 9.33. The summed E-state index contributed by atoms with van der Waals surface area (Å²) in [7, 11) is 0. The van der Waals surface area contributed by atoms with Crippen LogP contribution in [0.25, 0.3) is 0 Å². The Labute approximate surface area is 162 Å². The van der Waals surface area contributed by atoms with Gasteiger partial charge < -0.3 is 15.5 Å². The standard InChI is InChI=1S/C19H22N4O3S/c24-16(11-15-18(26)22-19(27-15)23-9-1-2-10-23)20-13-5-3-12(4-6-13)17(25)21-14-7-8-14/h3-6,14-15H,1-2,7-11H2,(H,20,24)(H,21,25). The average molecular weight is 386 g/mol. The number of anilines is 1. The molecule has 3 amide bonds. The van der Waals surface area contributed by atoms with Crippen LogP contribution in [0.3, 0.4) is 0 Å². The molecule has 27 heavy (non-hydrogen) atoms. The molecule has 2 aliphatic heterocycles. The molecule has 2 heterocycles. The quantitative estimate of drug-likeness (QED) is 0.808. The van der Waals surface area contributed by atoms with E-state index in [1.54, 1.807) is 24.3 Å². The molecule has 7 nitrogen and oxygen atoms in total. The number of likely N-dealkylation sites (tertiary alicyclic amines) is 1. The fourth-order valence-electron chi connectivity index (χ4n) is 3.13. The highest BCUT2D eigenvalue weighted by atomic mass is 32.2. The van der Waals surface area contributed by atoms with Crippen molar-refractivity contribution in [1.82, 2.24) is 10.2 Å². The number of rotatable bonds is 5. The van der Waals surface area contributed by atoms with Gasteiger partial charge in [0.2, 0.25) is 5.91 Å². The normalized spacial score (nSPS) is 21.9. The number of nitrogens with zero attached hydrogens (tertiary/aromatic N) is 2. The third kappa shape index (κ3) is 4.50. The van der Waals surface area contributed by atoms with Gasteiger partial charge in [0.05, 0.1) is 0 Å². The maximum atomic E-state index is 12.3. The molecule has 2 fully saturated rings. The van der Waals surface area contributed by atoms with Crippen molar-refractivity contribution in [3.63, 3.8) is 0 Å². The number of nitrogens with one attached hydrogen (secondary N) is 2. The van der Waals surface area contributed by atoms with E-state index < -0.39 is 5.25 Å². The van der Waals surface area contributed by atoms with Crippen LogP contribution in [0.2, 0.25) is 0 Å². The number of thioether (sulfide) groups is 1. The second-order valence-corrected chi connectivity index (χ2v) is 8.28. The molecule has 4 rings (SSSR count). The van der Waals surface area contributed by atoms with Crippen LogP contribution < -0.4 is 10.6 Å². The first kappa shape index (κ1) is 18.0. The van der Waals surface area contributed by atoms with Crippen LogP contribution in [0.4, 0.5) is 5.69 Å². The highest BCUT2D eigenvalue weighted by Gasteiger charge is 2.33. The van der Waals surface area contributed by atoms with Gasteiger partial charge in [-0.1, -0.05) is 11.8 Å². The number of hydrogen-bond donors (Lipinski definition) is 2. The van der Waals surface area contributed by atoms with Crippen LogP contribution in [0.1, 0.15) is 42.5 Å². The largest absolute Gasteiger partial charge is 0.351 e. The minimum absolute atomic E-state index is 0.0880. The van der Waals surface area contributed by atoms with Gasteiger partial charge in [0.25, 0.3) is 11.8 Å². The highest BCUT2D eigenvalue weighted by molar-refractivity contribution is 8.15. The predicted molar refractivity (Wildman–Crippen MR) is 105 cm³/mol. The summed E-state index contributed by atoms with van der Waals surface area (Å²) in [5, 5.41) is 6.02. The monoisotopic (exact) mass is 386 g/mol. The highest BCUT2D eigenvalue weighted by Crippen LogP contribution is 2.29. The number of amidine groups is 1. The summed E-state index contributed by atoms with van der Waals surface area (Å²) in [5.74, 6) is -0.548. The molecule has 1 aromatic rings. The maximum absolute atomic E-state index is 12.3. The lowest BCUT2D eigenvalue weighted by atomic mass is 10.2. The van der Waals surface area contributed by atoms with E-state index in [2.05, 4.69) is 20.5 Å². The van der Waals surface area contributed by atoms with Crippen LogP contribution in [-0.4, -0.2) is 52.2 Å². The number of carbonyl (C=O) groups is 3. The second kappa shape index (κ2) is 7.72. The van der Waals surface area contributed by atoms with Crippen LogP contribution in [-0.2, 0) is 9.59 Å². The summed E-state index contributed by atoms with van der Waals surface area (Å²) < 4.78 is 0. The number of aliphatic imine (C=N–C) groups is 1. The van der Waals surface area contributed by atoms with Gasteiger partial charge in [0.1, 0.15) is 5.25 Å². The number of amides is 3. The van der Waals surface area contributed by atoms with E-state index in [1.165, 1.54) is 11.8 Å². The Balaban J connectivity index is 1.28. The zero-order valence-electron chi connectivity index (χ0n) is 14.9. The smallest absolute Gasteiger partial charge is 0.262 e. The SMILES string of the molecule is O=C(CC1SC(N2CCCC2)=NC1=O)Nc1ccc(C(=O)NC2CC2)cc1. The van der Waals surface area contributed by atoms with E-state index in [4.69, 9.17) is 0 Å². The summed E-state index contributed by atoms with van der Waals surface area (Å²) in [4.78, 5) is 42.6. The molecule has 0 spiro atoms. The minimum atomic E-state index is -0.454. The molecule has 0 radical (unpaired) electrons. The molecule has 1 saturated carbocycles. The number of hydrogen-bond acceptors (Lipinski definition) is 5. The third-order valence-corrected chi connectivity index (χ3v) is 6.03. The second-order valence-electron chi connectivity index (χ2n) is 7.11. The molecule has 1 aromatic carbocycles. The maximum Gasteiger partial charge on any atom is 0.262 e. The van der Waals surface area contributed by atoms with Gasteiger partial charge in [0.15, 0.2) is 5.17 Å². The molecule has 0 aromatic heterocycles. The van der Waals surface area contributed by atoms with Crippen LogP contribution in [0, 0.1) is 0 Å². The first-order valence-corrected chi connectivity index (χ1v) is 10.2. The van der Waals surface area contributed by atoms with E-state index in [9.17, 15) is 14.4 Å². The summed E-state index contributed by atoms with van der Waals surface area (Å²) in [6.45, 7) is 1.86. The van der Waals surface area contributed by atoms with Crippen molar-refractivity contribution in [2.45, 2.75) is 43.4 Å². The van der Waals surface area contributed by atoms with E-state index in [0.29, 0.717) is 17.3 Å². The topological polar surface area (TPSA) is 90.9 Å². The van der Waals surface area contributed by atoms with E-state index in [-0.39, 0.29) is 24.1 Å². The van der Waals surface area contributed by atoms with Gasteiger partial charge in [-0.25, -0.2) is 0 Å². The summed E-state index contributed by atoms with van der Waals surface area (Å²) in [6, 6.07) is 7.10. The zero-order valence-corrected chi connectivity index (χ0v) is 15.8. The van der Waals surface area contributed by atoms with Gasteiger partial charge in [0, 0.05) is 36.8 Å². The Kier molecular flexibility index (Phi) is 5.15. The Morgan fingerprint density at radius 1 is 1.15 bits per heavy atom. The summed E-state index contributed by atoms with van der Waals surface area (Å²) >= 11 is 1.39. The van der Waals surface area contributed by atoms with Crippen molar-refractivity contribution in [3.8, 4) is 0 Å². The van der Waals surface area contributed by atoms with Crippen molar-refractivity contribution < 1.29 is 14.4 Å². The third-order valence-electron chi connectivity index (χ3n) is 4.82. The fourth-order valence-corrected chi connectivity index (χ4v) is 4.25. The molecular formula is C19H22N4O3S. The Bertz CT molecular complexity index is 783. The predicted octanol–water partition coefficient (Wildman–Crippen LogP) is 2.00. The molecule has 8 heteroatoms. The number of carbonyl (C=O) groups excluding carboxylic acids is 3. The van der Waals surface area contributed by atoms with Gasteiger partial charge in [-0.2, -0.15) is 4.99 Å². The van der Waals surface area contributed by atoms with Crippen LogP contribution in [0.5, 0.6) is 0 Å². The molecule has 3 aliphatic rings. The van der Waals surface area contributed by atoms with Gasteiger partial charge in [-0.15, -0.1) is 0 Å². The average Bonchev–Trinajstić information content (AvgIpc) is 3.15. The van der Waals surface area contributed by atoms with E-state index in [1.807, 2.05) is 0 Å². The van der Waals surface area contributed by atoms with Gasteiger partial charge in [-0.05, 0) is 49.9 Å². The zero-order chi connectivity index (χ0) is 18.8. The van der Waals surface area contributed by atoms with Crippen molar-refractivity contribution in [1.29, 1.82) is 0 Å². The minimum Gasteiger partial charge on any atom is -0.351 e. The summed E-state index contributed by atoms with van der Waals surface area (Å²) in [6.07, 6.45) is 4.41. The van der Waals surface area contributed by atoms with E-state index >= 15 is 0 Å². The molecule has 0 bridgehead atoms. The molecule has 1 atom stereocenters. The summed E-state index contributed by atoms with van der Waals surface area (Å²) in [5.41, 5.74) is 1.18. The molecule has 2 N–H and O–H groups in total. The van der Waals surface area contributed by atoms with Crippen LogP contribution >= 0.6 is 11.8 Å². The van der Waals surface area contributed by atoms with Crippen molar-refractivity contribution in [3.05, 3.63) is 29.8 Å². The lowest BCUT2D eigenvalue weighted by molar-refractivity contribution is -0.121.